The first-order valence-corrected chi connectivity index (χ1v) is 4.74. The van der Waals surface area contributed by atoms with E-state index in [-0.39, 0.29) is 12.8 Å². The second-order valence-corrected chi connectivity index (χ2v) is 4.66. The third kappa shape index (κ3) is 5.38. The predicted molar refractivity (Wildman–Crippen MR) is 48.0 cm³/mol. The number of alkyl halides is 3. The fourth-order valence-electron chi connectivity index (χ4n) is 0.587. The van der Waals surface area contributed by atoms with E-state index in [2.05, 4.69) is 22.6 Å². The van der Waals surface area contributed by atoms with Gasteiger partial charge in [0.15, 0.2) is 0 Å². The average Bonchev–Trinajstić information content (AvgIpc) is 1.85. The van der Waals surface area contributed by atoms with Gasteiger partial charge in [0.1, 0.15) is 0 Å². The van der Waals surface area contributed by atoms with Gasteiger partial charge >= 0.3 is 0 Å². The predicted octanol–water partition coefficient (Wildman–Crippen LogP) is 3.64. The summed E-state index contributed by atoms with van der Waals surface area (Å²) < 4.78 is 25.4. The number of halogens is 3. The molecular formula is C7H13F2I. The molecule has 0 rings (SSSR count). The zero-order valence-corrected chi connectivity index (χ0v) is 8.49. The maximum Gasteiger partial charge on any atom is 0.247 e. The summed E-state index contributed by atoms with van der Waals surface area (Å²) in [5.41, 5.74) is 0. The van der Waals surface area contributed by atoms with Crippen molar-refractivity contribution in [2.45, 2.75) is 43.0 Å². The van der Waals surface area contributed by atoms with Gasteiger partial charge in [-0.15, -0.1) is 0 Å². The smallest absolute Gasteiger partial charge is 0.207 e. The zero-order chi connectivity index (χ0) is 8.20. The molecule has 1 atom stereocenters. The molecule has 10 heavy (non-hydrogen) atoms. The van der Waals surface area contributed by atoms with E-state index < -0.39 is 5.92 Å². The molecule has 3 heteroatoms. The lowest BCUT2D eigenvalue weighted by Gasteiger charge is -2.13. The van der Waals surface area contributed by atoms with E-state index in [0.29, 0.717) is 10.3 Å². The van der Waals surface area contributed by atoms with Gasteiger partial charge in [0.05, 0.1) is 0 Å². The standard InChI is InChI=1S/C7H13F2I/c1-3-7(8,9)5-4-6(2)10/h6H,3-5H2,1-2H3. The molecule has 0 fully saturated rings. The van der Waals surface area contributed by atoms with E-state index in [1.165, 1.54) is 6.92 Å². The van der Waals surface area contributed by atoms with Crippen LogP contribution in [0.25, 0.3) is 0 Å². The quantitative estimate of drug-likeness (QED) is 0.536. The molecule has 0 saturated heterocycles. The van der Waals surface area contributed by atoms with Crippen molar-refractivity contribution in [1.82, 2.24) is 0 Å². The summed E-state index contributed by atoms with van der Waals surface area (Å²) in [6, 6.07) is 0. The van der Waals surface area contributed by atoms with E-state index in [1.807, 2.05) is 6.92 Å². The third-order valence-corrected chi connectivity index (χ3v) is 2.05. The lowest BCUT2D eigenvalue weighted by molar-refractivity contribution is -0.0127. The maximum absolute atomic E-state index is 12.5. The summed E-state index contributed by atoms with van der Waals surface area (Å²) in [5.74, 6) is -2.43. The van der Waals surface area contributed by atoms with E-state index in [1.54, 1.807) is 0 Å². The molecule has 1 unspecified atom stereocenters. The minimum absolute atomic E-state index is 0.0314. The average molecular weight is 262 g/mol. The first-order valence-electron chi connectivity index (χ1n) is 3.50. The van der Waals surface area contributed by atoms with Crippen molar-refractivity contribution < 1.29 is 8.78 Å². The van der Waals surface area contributed by atoms with Gasteiger partial charge in [0.25, 0.3) is 0 Å². The molecule has 0 spiro atoms. The highest BCUT2D eigenvalue weighted by Gasteiger charge is 2.25. The highest BCUT2D eigenvalue weighted by Crippen LogP contribution is 2.25. The van der Waals surface area contributed by atoms with Gasteiger partial charge in [0.2, 0.25) is 5.92 Å². The molecule has 0 aromatic carbocycles. The molecule has 0 nitrogen and oxygen atoms in total. The fourth-order valence-corrected chi connectivity index (χ4v) is 0.898. The Kier molecular flexibility index (Phi) is 4.73. The summed E-state index contributed by atoms with van der Waals surface area (Å²) in [5, 5.41) is 0. The molecule has 0 radical (unpaired) electrons. The van der Waals surface area contributed by atoms with Crippen LogP contribution in [0.2, 0.25) is 0 Å². The molecule has 0 heterocycles. The van der Waals surface area contributed by atoms with Crippen LogP contribution >= 0.6 is 22.6 Å². The van der Waals surface area contributed by atoms with Crippen LogP contribution in [0.1, 0.15) is 33.1 Å². The fraction of sp³-hybridized carbons (Fsp3) is 1.00. The van der Waals surface area contributed by atoms with E-state index in [4.69, 9.17) is 0 Å². The Hall–Kier alpha value is 0.590. The molecule has 0 aliphatic rings. The van der Waals surface area contributed by atoms with Crippen molar-refractivity contribution in [3.63, 3.8) is 0 Å². The summed E-state index contributed by atoms with van der Waals surface area (Å²) in [6.07, 6.45) is 0.616. The number of hydrogen-bond acceptors (Lipinski definition) is 0. The maximum atomic E-state index is 12.5. The highest BCUT2D eigenvalue weighted by atomic mass is 127. The van der Waals surface area contributed by atoms with Crippen LogP contribution in [0.3, 0.4) is 0 Å². The van der Waals surface area contributed by atoms with E-state index in [0.717, 1.165) is 0 Å². The lowest BCUT2D eigenvalue weighted by atomic mass is 10.1. The Labute approximate surface area is 74.5 Å². The van der Waals surface area contributed by atoms with Crippen LogP contribution in [0.15, 0.2) is 0 Å². The van der Waals surface area contributed by atoms with Gasteiger partial charge in [-0.1, -0.05) is 36.4 Å². The lowest BCUT2D eigenvalue weighted by Crippen LogP contribution is -2.15. The van der Waals surface area contributed by atoms with Gasteiger partial charge in [-0.3, -0.25) is 0 Å². The Bertz CT molecular complexity index is 91.6. The number of hydrogen-bond donors (Lipinski definition) is 0. The summed E-state index contributed by atoms with van der Waals surface area (Å²) in [4.78, 5) is 0. The van der Waals surface area contributed by atoms with Crippen molar-refractivity contribution in [2.24, 2.45) is 0 Å². The Balaban J connectivity index is 3.46. The van der Waals surface area contributed by atoms with Crippen LogP contribution in [0.5, 0.6) is 0 Å². The SMILES string of the molecule is CCC(F)(F)CCC(C)I. The van der Waals surface area contributed by atoms with Gasteiger partial charge in [-0.2, -0.15) is 0 Å². The molecule has 0 saturated carbocycles. The molecule has 0 aliphatic heterocycles. The first-order chi connectivity index (χ1) is 4.48. The van der Waals surface area contributed by atoms with Gasteiger partial charge < -0.3 is 0 Å². The van der Waals surface area contributed by atoms with Crippen molar-refractivity contribution in [3.8, 4) is 0 Å². The van der Waals surface area contributed by atoms with Gasteiger partial charge in [0, 0.05) is 16.8 Å². The topological polar surface area (TPSA) is 0 Å². The van der Waals surface area contributed by atoms with Crippen molar-refractivity contribution in [3.05, 3.63) is 0 Å². The monoisotopic (exact) mass is 262 g/mol. The Morgan fingerprint density at radius 1 is 1.50 bits per heavy atom. The van der Waals surface area contributed by atoms with Crippen LogP contribution in [0.4, 0.5) is 8.78 Å². The summed E-state index contributed by atoms with van der Waals surface area (Å²) in [7, 11) is 0. The van der Waals surface area contributed by atoms with Crippen LogP contribution in [0, 0.1) is 0 Å². The minimum atomic E-state index is -2.43. The van der Waals surface area contributed by atoms with Crippen LogP contribution in [-0.4, -0.2) is 9.85 Å². The highest BCUT2D eigenvalue weighted by molar-refractivity contribution is 14.1. The molecule has 0 aromatic rings. The van der Waals surface area contributed by atoms with Crippen molar-refractivity contribution >= 4 is 22.6 Å². The van der Waals surface area contributed by atoms with E-state index in [9.17, 15) is 8.78 Å². The van der Waals surface area contributed by atoms with E-state index >= 15 is 0 Å². The second kappa shape index (κ2) is 4.46. The first kappa shape index (κ1) is 10.6. The largest absolute Gasteiger partial charge is 0.247 e. The van der Waals surface area contributed by atoms with Crippen molar-refractivity contribution in [2.75, 3.05) is 0 Å². The summed E-state index contributed by atoms with van der Waals surface area (Å²) in [6.45, 7) is 3.48. The number of rotatable bonds is 4. The Morgan fingerprint density at radius 2 is 2.00 bits per heavy atom. The molecule has 0 aromatic heterocycles. The molecule has 0 N–H and O–H groups in total. The molecule has 0 bridgehead atoms. The summed E-state index contributed by atoms with van der Waals surface area (Å²) >= 11 is 2.17. The van der Waals surface area contributed by atoms with Gasteiger partial charge in [-0.25, -0.2) is 8.78 Å². The molecule has 0 aliphatic carbocycles. The molecular weight excluding hydrogens is 249 g/mol. The van der Waals surface area contributed by atoms with Crippen LogP contribution in [-0.2, 0) is 0 Å². The normalized spacial score (nSPS) is 15.3. The molecule has 62 valence electrons. The third-order valence-electron chi connectivity index (χ3n) is 1.43. The van der Waals surface area contributed by atoms with Crippen molar-refractivity contribution in [1.29, 1.82) is 0 Å². The minimum Gasteiger partial charge on any atom is -0.207 e. The zero-order valence-electron chi connectivity index (χ0n) is 6.33. The van der Waals surface area contributed by atoms with Crippen LogP contribution < -0.4 is 0 Å². The Morgan fingerprint density at radius 3 is 2.30 bits per heavy atom. The molecule has 0 amide bonds. The second-order valence-electron chi connectivity index (χ2n) is 2.53. The van der Waals surface area contributed by atoms with Gasteiger partial charge in [-0.05, 0) is 6.42 Å².